The highest BCUT2D eigenvalue weighted by Gasteiger charge is 2.33. The molecule has 0 aromatic heterocycles. The lowest BCUT2D eigenvalue weighted by atomic mass is 9.82. The lowest BCUT2D eigenvalue weighted by molar-refractivity contribution is -0.136. The molecule has 3 heteroatoms. The van der Waals surface area contributed by atoms with Crippen LogP contribution in [0.3, 0.4) is 0 Å². The lowest BCUT2D eigenvalue weighted by Gasteiger charge is -2.32. The van der Waals surface area contributed by atoms with E-state index in [2.05, 4.69) is 0 Å². The molecule has 92 valence electrons. The summed E-state index contributed by atoms with van der Waals surface area (Å²) in [6.45, 7) is 0.884. The predicted molar refractivity (Wildman–Crippen MR) is 63.0 cm³/mol. The second kappa shape index (κ2) is 4.74. The smallest absolute Gasteiger partial charge is 0.225 e. The molecule has 16 heavy (non-hydrogen) atoms. The maximum atomic E-state index is 11.9. The van der Waals surface area contributed by atoms with Crippen LogP contribution in [0, 0.1) is 5.92 Å². The zero-order valence-electron chi connectivity index (χ0n) is 10.2. The molecule has 0 bridgehead atoms. The van der Waals surface area contributed by atoms with Crippen LogP contribution in [0.4, 0.5) is 0 Å². The van der Waals surface area contributed by atoms with E-state index in [9.17, 15) is 9.90 Å². The molecule has 0 heterocycles. The minimum absolute atomic E-state index is 0.122. The third-order valence-corrected chi connectivity index (χ3v) is 3.92. The third-order valence-electron chi connectivity index (χ3n) is 3.92. The highest BCUT2D eigenvalue weighted by atomic mass is 16.3. The van der Waals surface area contributed by atoms with Crippen LogP contribution < -0.4 is 0 Å². The van der Waals surface area contributed by atoms with Crippen molar-refractivity contribution in [3.05, 3.63) is 0 Å². The van der Waals surface area contributed by atoms with Gasteiger partial charge < -0.3 is 10.0 Å². The van der Waals surface area contributed by atoms with E-state index in [0.29, 0.717) is 6.42 Å². The maximum Gasteiger partial charge on any atom is 0.225 e. The fourth-order valence-electron chi connectivity index (χ4n) is 2.59. The van der Waals surface area contributed by atoms with Crippen molar-refractivity contribution in [2.24, 2.45) is 5.92 Å². The van der Waals surface area contributed by atoms with Crippen molar-refractivity contribution in [2.75, 3.05) is 13.6 Å². The molecule has 0 aliphatic heterocycles. The Hall–Kier alpha value is -0.570. The molecule has 0 aromatic carbocycles. The normalized spacial score (nSPS) is 24.1. The summed E-state index contributed by atoms with van der Waals surface area (Å²) >= 11 is 0. The van der Waals surface area contributed by atoms with Gasteiger partial charge in [-0.1, -0.05) is 19.3 Å². The van der Waals surface area contributed by atoms with Crippen LogP contribution in [0.2, 0.25) is 0 Å². The largest absolute Gasteiger partial charge is 0.389 e. The Labute approximate surface area is 97.8 Å². The minimum atomic E-state index is -0.701. The van der Waals surface area contributed by atoms with Crippen molar-refractivity contribution >= 4 is 5.91 Å². The zero-order valence-corrected chi connectivity index (χ0v) is 10.2. The molecular weight excluding hydrogens is 202 g/mol. The van der Waals surface area contributed by atoms with Gasteiger partial charge in [-0.3, -0.25) is 4.79 Å². The highest BCUT2D eigenvalue weighted by molar-refractivity contribution is 5.77. The zero-order chi connectivity index (χ0) is 11.6. The second-order valence-electron chi connectivity index (χ2n) is 5.68. The highest BCUT2D eigenvalue weighted by Crippen LogP contribution is 2.32. The summed E-state index contributed by atoms with van der Waals surface area (Å²) in [6, 6.07) is 0. The van der Waals surface area contributed by atoms with Gasteiger partial charge >= 0.3 is 0 Å². The topological polar surface area (TPSA) is 40.5 Å². The Kier molecular flexibility index (Phi) is 3.53. The number of carbonyl (C=O) groups excluding carboxylic acids is 1. The fraction of sp³-hybridized carbons (Fsp3) is 0.923. The average Bonchev–Trinajstić information content (AvgIpc) is 3.02. The molecule has 0 spiro atoms. The van der Waals surface area contributed by atoms with E-state index in [0.717, 1.165) is 38.1 Å². The van der Waals surface area contributed by atoms with Gasteiger partial charge in [0, 0.05) is 13.6 Å². The molecule has 2 fully saturated rings. The molecule has 0 atom stereocenters. The van der Waals surface area contributed by atoms with Gasteiger partial charge in [-0.05, 0) is 31.6 Å². The number of rotatable bonds is 4. The van der Waals surface area contributed by atoms with Crippen LogP contribution >= 0.6 is 0 Å². The van der Waals surface area contributed by atoms with Crippen LogP contribution in [0.5, 0.6) is 0 Å². The molecule has 1 amide bonds. The molecular formula is C13H23NO2. The van der Waals surface area contributed by atoms with Gasteiger partial charge in [0.05, 0.1) is 12.0 Å². The molecule has 0 aromatic rings. The van der Waals surface area contributed by atoms with Gasteiger partial charge in [-0.25, -0.2) is 0 Å². The standard InChI is InChI=1S/C13H23NO2/c1-14(10-11-5-6-11)12(15)9-13(16)7-3-2-4-8-13/h11,16H,2-10H2,1H3. The summed E-state index contributed by atoms with van der Waals surface area (Å²) < 4.78 is 0. The van der Waals surface area contributed by atoms with E-state index >= 15 is 0 Å². The van der Waals surface area contributed by atoms with Gasteiger partial charge in [0.25, 0.3) is 0 Å². The minimum Gasteiger partial charge on any atom is -0.389 e. The molecule has 0 radical (unpaired) electrons. The molecule has 2 rings (SSSR count). The van der Waals surface area contributed by atoms with Crippen LogP contribution in [0.25, 0.3) is 0 Å². The van der Waals surface area contributed by atoms with Crippen LogP contribution in [0.15, 0.2) is 0 Å². The Bertz CT molecular complexity index is 255. The van der Waals surface area contributed by atoms with Crippen molar-refractivity contribution in [3.8, 4) is 0 Å². The average molecular weight is 225 g/mol. The van der Waals surface area contributed by atoms with E-state index < -0.39 is 5.60 Å². The van der Waals surface area contributed by atoms with Gasteiger partial charge in [0.1, 0.15) is 0 Å². The van der Waals surface area contributed by atoms with Crippen LogP contribution in [-0.4, -0.2) is 35.1 Å². The summed E-state index contributed by atoms with van der Waals surface area (Å²) in [7, 11) is 1.87. The van der Waals surface area contributed by atoms with Gasteiger partial charge in [-0.2, -0.15) is 0 Å². The van der Waals surface area contributed by atoms with Crippen LogP contribution in [-0.2, 0) is 4.79 Å². The first-order valence-corrected chi connectivity index (χ1v) is 6.55. The third kappa shape index (κ3) is 3.21. The number of amides is 1. The SMILES string of the molecule is CN(CC1CC1)C(=O)CC1(O)CCCCC1. The van der Waals surface area contributed by atoms with Crippen molar-refractivity contribution in [3.63, 3.8) is 0 Å². The summed E-state index contributed by atoms with van der Waals surface area (Å²) in [5, 5.41) is 10.3. The quantitative estimate of drug-likeness (QED) is 0.794. The molecule has 2 aliphatic rings. The Morgan fingerprint density at radius 3 is 2.50 bits per heavy atom. The van der Waals surface area contributed by atoms with Gasteiger partial charge in [0.2, 0.25) is 5.91 Å². The van der Waals surface area contributed by atoms with Crippen molar-refractivity contribution in [1.29, 1.82) is 0 Å². The summed E-state index contributed by atoms with van der Waals surface area (Å²) in [5.41, 5.74) is -0.701. The summed E-state index contributed by atoms with van der Waals surface area (Å²) in [4.78, 5) is 13.8. The number of aliphatic hydroxyl groups is 1. The Morgan fingerprint density at radius 1 is 1.31 bits per heavy atom. The predicted octanol–water partition coefficient (Wildman–Crippen LogP) is 1.94. The molecule has 1 N–H and O–H groups in total. The number of nitrogens with zero attached hydrogens (tertiary/aromatic N) is 1. The first-order valence-electron chi connectivity index (χ1n) is 6.55. The van der Waals surface area contributed by atoms with Crippen molar-refractivity contribution in [2.45, 2.75) is 57.0 Å². The van der Waals surface area contributed by atoms with E-state index in [-0.39, 0.29) is 5.91 Å². The van der Waals surface area contributed by atoms with E-state index in [4.69, 9.17) is 0 Å². The van der Waals surface area contributed by atoms with Crippen molar-refractivity contribution < 1.29 is 9.90 Å². The summed E-state index contributed by atoms with van der Waals surface area (Å²) in [6.07, 6.45) is 7.80. The van der Waals surface area contributed by atoms with E-state index in [1.165, 1.54) is 19.3 Å². The van der Waals surface area contributed by atoms with Crippen molar-refractivity contribution in [1.82, 2.24) is 4.90 Å². The molecule has 0 saturated heterocycles. The number of hydrogen-bond acceptors (Lipinski definition) is 2. The lowest BCUT2D eigenvalue weighted by Crippen LogP contribution is -2.39. The second-order valence-corrected chi connectivity index (χ2v) is 5.68. The van der Waals surface area contributed by atoms with Gasteiger partial charge in [0.15, 0.2) is 0 Å². The first kappa shape index (κ1) is 11.9. The Balaban J connectivity index is 1.79. The molecule has 2 saturated carbocycles. The molecule has 3 nitrogen and oxygen atoms in total. The maximum absolute atomic E-state index is 11.9. The fourth-order valence-corrected chi connectivity index (χ4v) is 2.59. The molecule has 2 aliphatic carbocycles. The van der Waals surface area contributed by atoms with Crippen LogP contribution in [0.1, 0.15) is 51.4 Å². The Morgan fingerprint density at radius 2 is 1.94 bits per heavy atom. The van der Waals surface area contributed by atoms with E-state index in [1.54, 1.807) is 0 Å². The van der Waals surface area contributed by atoms with E-state index in [1.807, 2.05) is 11.9 Å². The molecule has 0 unspecified atom stereocenters. The number of hydrogen-bond donors (Lipinski definition) is 1. The van der Waals surface area contributed by atoms with Gasteiger partial charge in [-0.15, -0.1) is 0 Å². The first-order chi connectivity index (χ1) is 7.59. The summed E-state index contributed by atoms with van der Waals surface area (Å²) in [5.74, 6) is 0.853. The number of carbonyl (C=O) groups is 1. The monoisotopic (exact) mass is 225 g/mol.